The maximum Gasteiger partial charge on any atom is 0.253 e. The van der Waals surface area contributed by atoms with Crippen molar-refractivity contribution in [2.45, 2.75) is 44.3 Å². The monoisotopic (exact) mass is 394 g/mol. The lowest BCUT2D eigenvalue weighted by Gasteiger charge is -2.12. The molecule has 2 saturated heterocycles. The van der Waals surface area contributed by atoms with Crippen molar-refractivity contribution in [2.24, 2.45) is 0 Å². The van der Waals surface area contributed by atoms with Crippen LogP contribution in [0.5, 0.6) is 0 Å². The van der Waals surface area contributed by atoms with E-state index in [0.717, 1.165) is 54.6 Å². The zero-order chi connectivity index (χ0) is 20.1. The number of rotatable bonds is 6. The van der Waals surface area contributed by atoms with E-state index in [1.54, 1.807) is 0 Å². The average molecular weight is 394 g/mol. The highest BCUT2D eigenvalue weighted by Crippen LogP contribution is 2.19. The van der Waals surface area contributed by atoms with Gasteiger partial charge >= 0.3 is 0 Å². The van der Waals surface area contributed by atoms with Crippen molar-refractivity contribution in [3.63, 3.8) is 0 Å². The van der Waals surface area contributed by atoms with Gasteiger partial charge in [0, 0.05) is 24.6 Å². The molecular formula is C23H26N2O4. The third kappa shape index (κ3) is 5.22. The van der Waals surface area contributed by atoms with Crippen molar-refractivity contribution < 1.29 is 19.1 Å². The summed E-state index contributed by atoms with van der Waals surface area (Å²) >= 11 is 0. The quantitative estimate of drug-likeness (QED) is 0.786. The van der Waals surface area contributed by atoms with Crippen molar-refractivity contribution in [2.75, 3.05) is 23.8 Å². The average Bonchev–Trinajstić information content (AvgIpc) is 3.45. The predicted octanol–water partition coefficient (Wildman–Crippen LogP) is 3.51. The molecule has 2 unspecified atom stereocenters. The van der Waals surface area contributed by atoms with Gasteiger partial charge in [0.15, 0.2) is 0 Å². The van der Waals surface area contributed by atoms with Gasteiger partial charge < -0.3 is 20.1 Å². The summed E-state index contributed by atoms with van der Waals surface area (Å²) in [7, 11) is 0. The van der Waals surface area contributed by atoms with Gasteiger partial charge in [0.2, 0.25) is 0 Å². The summed E-state index contributed by atoms with van der Waals surface area (Å²) < 4.78 is 10.8. The van der Waals surface area contributed by atoms with Crippen molar-refractivity contribution in [1.29, 1.82) is 0 Å². The van der Waals surface area contributed by atoms with Gasteiger partial charge in [-0.05, 0) is 67.5 Å². The van der Waals surface area contributed by atoms with E-state index in [1.807, 2.05) is 48.5 Å². The number of benzene rings is 2. The molecule has 2 heterocycles. The Hall–Kier alpha value is -2.70. The fourth-order valence-electron chi connectivity index (χ4n) is 3.66. The van der Waals surface area contributed by atoms with Crippen LogP contribution in [0.25, 0.3) is 0 Å². The molecule has 152 valence electrons. The van der Waals surface area contributed by atoms with Crippen molar-refractivity contribution in [1.82, 2.24) is 0 Å². The van der Waals surface area contributed by atoms with Crippen LogP contribution in [0.1, 0.15) is 36.8 Å². The molecule has 0 spiro atoms. The highest BCUT2D eigenvalue weighted by atomic mass is 16.5. The standard InChI is InChI=1S/C23H26N2O4/c26-22(20-3-1-13-28-20)24-18-9-5-16(6-10-18)15-17-7-11-19(12-8-17)25-23(27)21-4-2-14-29-21/h5-12,20-21H,1-4,13-15H2,(H,24,26)(H,25,27). The normalized spacial score (nSPS) is 21.1. The number of ether oxygens (including phenoxy) is 2. The maximum atomic E-state index is 12.1. The molecule has 2 atom stereocenters. The summed E-state index contributed by atoms with van der Waals surface area (Å²) in [5.41, 5.74) is 3.86. The molecule has 0 radical (unpaired) electrons. The number of carbonyl (C=O) groups excluding carboxylic acids is 2. The Balaban J connectivity index is 1.29. The fraction of sp³-hybridized carbons (Fsp3) is 0.391. The van der Waals surface area contributed by atoms with Crippen LogP contribution < -0.4 is 10.6 Å². The molecule has 6 nitrogen and oxygen atoms in total. The second kappa shape index (κ2) is 9.20. The Morgan fingerprint density at radius 1 is 0.724 bits per heavy atom. The van der Waals surface area contributed by atoms with Crippen molar-refractivity contribution >= 4 is 23.2 Å². The number of amides is 2. The molecule has 6 heteroatoms. The minimum absolute atomic E-state index is 0.0733. The molecule has 4 rings (SSSR count). The summed E-state index contributed by atoms with van der Waals surface area (Å²) in [4.78, 5) is 24.2. The van der Waals surface area contributed by atoms with Crippen LogP contribution in [0.15, 0.2) is 48.5 Å². The predicted molar refractivity (Wildman–Crippen MR) is 111 cm³/mol. The Kier molecular flexibility index (Phi) is 6.22. The highest BCUT2D eigenvalue weighted by Gasteiger charge is 2.24. The van der Waals surface area contributed by atoms with E-state index in [-0.39, 0.29) is 24.0 Å². The lowest BCUT2D eigenvalue weighted by molar-refractivity contribution is -0.125. The zero-order valence-electron chi connectivity index (χ0n) is 16.4. The third-order valence-corrected chi connectivity index (χ3v) is 5.30. The molecule has 2 aromatic carbocycles. The molecule has 2 aliphatic heterocycles. The Labute approximate surface area is 170 Å². The minimum Gasteiger partial charge on any atom is -0.368 e. The molecule has 0 saturated carbocycles. The minimum atomic E-state index is -0.325. The van der Waals surface area contributed by atoms with Crippen molar-refractivity contribution in [3.05, 3.63) is 59.7 Å². The Morgan fingerprint density at radius 3 is 1.48 bits per heavy atom. The zero-order valence-corrected chi connectivity index (χ0v) is 16.4. The molecule has 2 aromatic rings. The second-order valence-corrected chi connectivity index (χ2v) is 7.55. The van der Waals surface area contributed by atoms with E-state index in [0.29, 0.717) is 13.2 Å². The molecule has 2 aliphatic rings. The first-order chi connectivity index (χ1) is 14.2. The van der Waals surface area contributed by atoms with Crippen LogP contribution in [0.4, 0.5) is 11.4 Å². The molecule has 2 amide bonds. The number of anilines is 2. The summed E-state index contributed by atoms with van der Waals surface area (Å²) in [5.74, 6) is -0.147. The molecular weight excluding hydrogens is 368 g/mol. The van der Waals surface area contributed by atoms with Gasteiger partial charge in [-0.2, -0.15) is 0 Å². The molecule has 0 aliphatic carbocycles. The van der Waals surface area contributed by atoms with E-state index < -0.39 is 0 Å². The largest absolute Gasteiger partial charge is 0.368 e. The van der Waals surface area contributed by atoms with Crippen LogP contribution in [0.3, 0.4) is 0 Å². The Bertz CT molecular complexity index is 765. The smallest absolute Gasteiger partial charge is 0.253 e. The van der Waals surface area contributed by atoms with Crippen molar-refractivity contribution in [3.8, 4) is 0 Å². The van der Waals surface area contributed by atoms with E-state index in [2.05, 4.69) is 10.6 Å². The van der Waals surface area contributed by atoms with Gasteiger partial charge in [-0.1, -0.05) is 24.3 Å². The summed E-state index contributed by atoms with van der Waals surface area (Å²) in [6.07, 6.45) is 3.58. The summed E-state index contributed by atoms with van der Waals surface area (Å²) in [6.45, 7) is 1.32. The molecule has 0 aromatic heterocycles. The lowest BCUT2D eigenvalue weighted by atomic mass is 10.0. The van der Waals surface area contributed by atoms with Crippen LogP contribution in [-0.4, -0.2) is 37.2 Å². The lowest BCUT2D eigenvalue weighted by Crippen LogP contribution is -2.26. The summed E-state index contributed by atoms with van der Waals surface area (Å²) in [6, 6.07) is 15.7. The number of hydrogen-bond acceptors (Lipinski definition) is 4. The van der Waals surface area contributed by atoms with Gasteiger partial charge in [0.1, 0.15) is 12.2 Å². The van der Waals surface area contributed by atoms with E-state index in [1.165, 1.54) is 0 Å². The SMILES string of the molecule is O=C(Nc1ccc(Cc2ccc(NC(=O)C3CCCO3)cc2)cc1)C1CCCO1. The van der Waals surface area contributed by atoms with Gasteiger partial charge in [0.05, 0.1) is 0 Å². The second-order valence-electron chi connectivity index (χ2n) is 7.55. The topological polar surface area (TPSA) is 76.7 Å². The van der Waals surface area contributed by atoms with Crippen LogP contribution in [0, 0.1) is 0 Å². The highest BCUT2D eigenvalue weighted by molar-refractivity contribution is 5.94. The van der Waals surface area contributed by atoms with Gasteiger partial charge in [-0.15, -0.1) is 0 Å². The first kappa shape index (κ1) is 19.6. The van der Waals surface area contributed by atoms with Gasteiger partial charge in [-0.25, -0.2) is 0 Å². The number of hydrogen-bond donors (Lipinski definition) is 2. The van der Waals surface area contributed by atoms with E-state index >= 15 is 0 Å². The molecule has 29 heavy (non-hydrogen) atoms. The first-order valence-electron chi connectivity index (χ1n) is 10.2. The van der Waals surface area contributed by atoms with Crippen LogP contribution in [0.2, 0.25) is 0 Å². The summed E-state index contributed by atoms with van der Waals surface area (Å²) in [5, 5.41) is 5.82. The maximum absolute atomic E-state index is 12.1. The first-order valence-corrected chi connectivity index (χ1v) is 10.2. The van der Waals surface area contributed by atoms with Gasteiger partial charge in [0.25, 0.3) is 11.8 Å². The van der Waals surface area contributed by atoms with Crippen LogP contribution in [-0.2, 0) is 25.5 Å². The Morgan fingerprint density at radius 2 is 1.14 bits per heavy atom. The molecule has 0 bridgehead atoms. The van der Waals surface area contributed by atoms with E-state index in [4.69, 9.17) is 9.47 Å². The fourth-order valence-corrected chi connectivity index (χ4v) is 3.66. The molecule has 2 fully saturated rings. The van der Waals surface area contributed by atoms with Crippen LogP contribution >= 0.6 is 0 Å². The number of nitrogens with one attached hydrogen (secondary N) is 2. The number of carbonyl (C=O) groups is 2. The van der Waals surface area contributed by atoms with Gasteiger partial charge in [-0.3, -0.25) is 9.59 Å². The molecule has 2 N–H and O–H groups in total. The van der Waals surface area contributed by atoms with E-state index in [9.17, 15) is 9.59 Å². The third-order valence-electron chi connectivity index (χ3n) is 5.30.